The van der Waals surface area contributed by atoms with Crippen LogP contribution in [-0.4, -0.2) is 29.9 Å². The number of benzene rings is 1. The smallest absolute Gasteiger partial charge is 0.324 e. The van der Waals surface area contributed by atoms with Gasteiger partial charge in [-0.05, 0) is 18.2 Å². The molecule has 1 fully saturated rings. The van der Waals surface area contributed by atoms with E-state index in [0.717, 1.165) is 9.37 Å². The van der Waals surface area contributed by atoms with E-state index in [2.05, 4.69) is 21.2 Å². The summed E-state index contributed by atoms with van der Waals surface area (Å²) < 4.78 is 0.750. The van der Waals surface area contributed by atoms with E-state index >= 15 is 0 Å². The van der Waals surface area contributed by atoms with Gasteiger partial charge < -0.3 is 5.32 Å². The van der Waals surface area contributed by atoms with Crippen LogP contribution in [0, 0.1) is 0 Å². The minimum absolute atomic E-state index is 0.327. The molecular weight excluding hydrogens is 295 g/mol. The lowest BCUT2D eigenvalue weighted by atomic mass is 10.2. The maximum atomic E-state index is 12.0. The first-order valence-corrected chi connectivity index (χ1v) is 5.81. The minimum Gasteiger partial charge on any atom is -0.336 e. The Hall–Kier alpha value is -1.07. The van der Waals surface area contributed by atoms with Gasteiger partial charge in [-0.2, -0.15) is 0 Å². The first-order chi connectivity index (χ1) is 7.59. The molecule has 0 atom stereocenters. The van der Waals surface area contributed by atoms with Crippen molar-refractivity contribution in [2.24, 2.45) is 0 Å². The van der Waals surface area contributed by atoms with E-state index in [0.29, 0.717) is 23.7 Å². The van der Waals surface area contributed by atoms with E-state index in [1.165, 1.54) is 0 Å². The summed E-state index contributed by atoms with van der Waals surface area (Å²) in [5.74, 6) is -0.374. The molecule has 2 rings (SSSR count). The molecule has 1 aliphatic rings. The SMILES string of the molecule is O=C1NCCN1C(=O)c1cc(Br)ccc1Cl. The second kappa shape index (κ2) is 4.43. The molecule has 0 saturated carbocycles. The lowest BCUT2D eigenvalue weighted by Gasteiger charge is -2.13. The van der Waals surface area contributed by atoms with Gasteiger partial charge in [-0.25, -0.2) is 4.79 Å². The molecule has 16 heavy (non-hydrogen) atoms. The normalized spacial score (nSPS) is 15.1. The Labute approximate surface area is 106 Å². The second-order valence-corrected chi connectivity index (χ2v) is 4.64. The first-order valence-electron chi connectivity index (χ1n) is 4.64. The summed E-state index contributed by atoms with van der Waals surface area (Å²) in [6.45, 7) is 0.858. The average molecular weight is 304 g/mol. The predicted molar refractivity (Wildman–Crippen MR) is 63.6 cm³/mol. The van der Waals surface area contributed by atoms with Gasteiger partial charge in [0.05, 0.1) is 10.6 Å². The monoisotopic (exact) mass is 302 g/mol. The van der Waals surface area contributed by atoms with Gasteiger partial charge in [-0.3, -0.25) is 9.69 Å². The lowest BCUT2D eigenvalue weighted by Crippen LogP contribution is -2.34. The fourth-order valence-electron chi connectivity index (χ4n) is 1.47. The number of hydrogen-bond acceptors (Lipinski definition) is 2. The zero-order valence-corrected chi connectivity index (χ0v) is 10.5. The Kier molecular flexibility index (Phi) is 3.16. The molecule has 0 bridgehead atoms. The van der Waals surface area contributed by atoms with Crippen LogP contribution in [0.1, 0.15) is 10.4 Å². The van der Waals surface area contributed by atoms with Crippen LogP contribution < -0.4 is 5.32 Å². The van der Waals surface area contributed by atoms with Crippen LogP contribution in [0.2, 0.25) is 5.02 Å². The molecule has 0 aliphatic carbocycles. The van der Waals surface area contributed by atoms with Gasteiger partial charge in [0.1, 0.15) is 0 Å². The average Bonchev–Trinajstić information content (AvgIpc) is 2.67. The molecule has 84 valence electrons. The number of nitrogens with zero attached hydrogens (tertiary/aromatic N) is 1. The zero-order valence-electron chi connectivity index (χ0n) is 8.17. The maximum Gasteiger partial charge on any atom is 0.324 e. The Balaban J connectivity index is 2.33. The molecule has 1 aromatic carbocycles. The number of carbonyl (C=O) groups is 2. The van der Waals surface area contributed by atoms with Crippen LogP contribution in [0.3, 0.4) is 0 Å². The summed E-state index contributed by atoms with van der Waals surface area (Å²) in [6, 6.07) is 4.59. The van der Waals surface area contributed by atoms with E-state index in [4.69, 9.17) is 11.6 Å². The van der Waals surface area contributed by atoms with Crippen LogP contribution >= 0.6 is 27.5 Å². The molecule has 1 saturated heterocycles. The summed E-state index contributed by atoms with van der Waals surface area (Å²) in [4.78, 5) is 24.5. The van der Waals surface area contributed by atoms with Gasteiger partial charge in [0.2, 0.25) is 0 Å². The summed E-state index contributed by atoms with van der Waals surface area (Å²) in [6.07, 6.45) is 0. The predicted octanol–water partition coefficient (Wildman–Crippen LogP) is 2.27. The fraction of sp³-hybridized carbons (Fsp3) is 0.200. The van der Waals surface area contributed by atoms with Gasteiger partial charge in [-0.1, -0.05) is 27.5 Å². The molecule has 1 aliphatic heterocycles. The molecule has 0 spiro atoms. The van der Waals surface area contributed by atoms with E-state index in [9.17, 15) is 9.59 Å². The largest absolute Gasteiger partial charge is 0.336 e. The van der Waals surface area contributed by atoms with Crippen LogP contribution in [0.4, 0.5) is 4.79 Å². The van der Waals surface area contributed by atoms with E-state index in [1.54, 1.807) is 18.2 Å². The second-order valence-electron chi connectivity index (χ2n) is 3.31. The van der Waals surface area contributed by atoms with Gasteiger partial charge >= 0.3 is 6.03 Å². The molecule has 1 heterocycles. The first kappa shape index (κ1) is 11.4. The van der Waals surface area contributed by atoms with Crippen molar-refractivity contribution in [1.82, 2.24) is 10.2 Å². The fourth-order valence-corrected chi connectivity index (χ4v) is 2.03. The number of rotatable bonds is 1. The lowest BCUT2D eigenvalue weighted by molar-refractivity contribution is 0.0829. The Morgan fingerprint density at radius 3 is 2.88 bits per heavy atom. The number of halogens is 2. The van der Waals surface area contributed by atoms with Gasteiger partial charge in [0, 0.05) is 17.6 Å². The van der Waals surface area contributed by atoms with Crippen molar-refractivity contribution < 1.29 is 9.59 Å². The highest BCUT2D eigenvalue weighted by atomic mass is 79.9. The van der Waals surface area contributed by atoms with E-state index in [-0.39, 0.29) is 11.9 Å². The summed E-state index contributed by atoms with van der Waals surface area (Å²) in [7, 11) is 0. The van der Waals surface area contributed by atoms with Crippen molar-refractivity contribution in [3.63, 3.8) is 0 Å². The number of carbonyl (C=O) groups excluding carboxylic acids is 2. The number of hydrogen-bond donors (Lipinski definition) is 1. The number of urea groups is 1. The van der Waals surface area contributed by atoms with E-state index < -0.39 is 0 Å². The molecule has 0 unspecified atom stereocenters. The molecule has 6 heteroatoms. The van der Waals surface area contributed by atoms with Crippen molar-refractivity contribution in [2.45, 2.75) is 0 Å². The molecule has 3 amide bonds. The van der Waals surface area contributed by atoms with Gasteiger partial charge in [0.15, 0.2) is 0 Å². The quantitative estimate of drug-likeness (QED) is 0.865. The van der Waals surface area contributed by atoms with Crippen molar-refractivity contribution in [1.29, 1.82) is 0 Å². The van der Waals surface area contributed by atoms with Crippen molar-refractivity contribution >= 4 is 39.5 Å². The summed E-state index contributed by atoms with van der Waals surface area (Å²) in [5.41, 5.74) is 0.327. The third-order valence-electron chi connectivity index (χ3n) is 2.26. The summed E-state index contributed by atoms with van der Waals surface area (Å²) in [5, 5.41) is 2.91. The Morgan fingerprint density at radius 2 is 2.25 bits per heavy atom. The van der Waals surface area contributed by atoms with Crippen LogP contribution in [-0.2, 0) is 0 Å². The van der Waals surface area contributed by atoms with E-state index in [1.807, 2.05) is 0 Å². The minimum atomic E-state index is -0.374. The highest BCUT2D eigenvalue weighted by Gasteiger charge is 2.28. The van der Waals surface area contributed by atoms with Crippen LogP contribution in [0.25, 0.3) is 0 Å². The topological polar surface area (TPSA) is 49.4 Å². The third-order valence-corrected chi connectivity index (χ3v) is 3.08. The standard InChI is InChI=1S/C10H8BrClN2O2/c11-6-1-2-8(12)7(5-6)9(15)14-4-3-13-10(14)16/h1-2,5H,3-4H2,(H,13,16). The van der Waals surface area contributed by atoms with Crippen molar-refractivity contribution in [3.8, 4) is 0 Å². The maximum absolute atomic E-state index is 12.0. The van der Waals surface area contributed by atoms with Crippen LogP contribution in [0.15, 0.2) is 22.7 Å². The zero-order chi connectivity index (χ0) is 11.7. The molecule has 1 aromatic rings. The van der Waals surface area contributed by atoms with Gasteiger partial charge in [0.25, 0.3) is 5.91 Å². The highest BCUT2D eigenvalue weighted by Crippen LogP contribution is 2.22. The Bertz CT molecular complexity index is 464. The van der Waals surface area contributed by atoms with Crippen molar-refractivity contribution in [2.75, 3.05) is 13.1 Å². The van der Waals surface area contributed by atoms with Gasteiger partial charge in [-0.15, -0.1) is 0 Å². The summed E-state index contributed by atoms with van der Waals surface area (Å²) >= 11 is 9.18. The Morgan fingerprint density at radius 1 is 1.50 bits per heavy atom. The molecule has 4 nitrogen and oxygen atoms in total. The van der Waals surface area contributed by atoms with Crippen molar-refractivity contribution in [3.05, 3.63) is 33.3 Å². The molecule has 1 N–H and O–H groups in total. The third kappa shape index (κ3) is 2.05. The number of imide groups is 1. The number of amides is 3. The van der Waals surface area contributed by atoms with Crippen LogP contribution in [0.5, 0.6) is 0 Å². The molecule has 0 radical (unpaired) electrons. The molecular formula is C10H8BrClN2O2. The molecule has 0 aromatic heterocycles. The number of nitrogens with one attached hydrogen (secondary N) is 1. The highest BCUT2D eigenvalue weighted by molar-refractivity contribution is 9.10.